The van der Waals surface area contributed by atoms with E-state index in [-0.39, 0.29) is 17.5 Å². The van der Waals surface area contributed by atoms with E-state index < -0.39 is 6.61 Å². The fourth-order valence-corrected chi connectivity index (χ4v) is 3.78. The third-order valence-corrected chi connectivity index (χ3v) is 5.08. The van der Waals surface area contributed by atoms with E-state index in [0.29, 0.717) is 18.9 Å². The van der Waals surface area contributed by atoms with Gasteiger partial charge in [-0.1, -0.05) is 6.07 Å². The molecule has 154 valence electrons. The van der Waals surface area contributed by atoms with Crippen LogP contribution >= 0.6 is 11.3 Å². The van der Waals surface area contributed by atoms with Crippen LogP contribution in [0.25, 0.3) is 0 Å². The summed E-state index contributed by atoms with van der Waals surface area (Å²) in [5, 5.41) is 6.62. The van der Waals surface area contributed by atoms with Crippen LogP contribution in [0.5, 0.6) is 11.5 Å². The second kappa shape index (κ2) is 10.8. The number of guanidine groups is 1. The molecule has 8 heteroatoms. The van der Waals surface area contributed by atoms with E-state index in [9.17, 15) is 8.78 Å². The van der Waals surface area contributed by atoms with Crippen molar-refractivity contribution in [3.05, 3.63) is 45.6 Å². The molecular weight excluding hydrogens is 384 g/mol. The molecule has 2 N–H and O–H groups in total. The topological polar surface area (TPSA) is 54.9 Å². The quantitative estimate of drug-likeness (QED) is 0.484. The first-order valence-electron chi connectivity index (χ1n) is 9.05. The Morgan fingerprint density at radius 2 is 2.00 bits per heavy atom. The van der Waals surface area contributed by atoms with Crippen LogP contribution in [0.15, 0.2) is 35.3 Å². The van der Waals surface area contributed by atoms with E-state index in [1.165, 1.54) is 16.9 Å². The molecule has 1 aromatic carbocycles. The minimum atomic E-state index is -2.89. The second-order valence-corrected chi connectivity index (χ2v) is 7.75. The van der Waals surface area contributed by atoms with Gasteiger partial charge in [-0.05, 0) is 50.1 Å². The molecule has 0 aliphatic heterocycles. The Kier molecular flexibility index (Phi) is 8.50. The monoisotopic (exact) mass is 411 g/mol. The smallest absolute Gasteiger partial charge is 0.387 e. The maximum Gasteiger partial charge on any atom is 0.387 e. The Morgan fingerprint density at radius 1 is 1.21 bits per heavy atom. The standard InChI is InChI=1S/C20H27F2N3O2S/c1-13(11-16-7-5-14(2)28-16)25-20(23-3)24-10-9-15-6-8-17(26-4)18(12-15)27-19(21)22/h5-8,12-13,19H,9-11H2,1-4H3,(H2,23,24,25). The zero-order valence-electron chi connectivity index (χ0n) is 16.6. The molecule has 0 aliphatic rings. The number of hydrogen-bond donors (Lipinski definition) is 2. The first kappa shape index (κ1) is 21.9. The molecule has 1 heterocycles. The third-order valence-electron chi connectivity index (χ3n) is 4.06. The van der Waals surface area contributed by atoms with Gasteiger partial charge in [-0.2, -0.15) is 8.78 Å². The van der Waals surface area contributed by atoms with Crippen molar-refractivity contribution >= 4 is 17.3 Å². The number of hydrogen-bond acceptors (Lipinski definition) is 4. The summed E-state index contributed by atoms with van der Waals surface area (Å²) in [6, 6.07) is 9.54. The van der Waals surface area contributed by atoms with Crippen molar-refractivity contribution < 1.29 is 18.3 Å². The summed E-state index contributed by atoms with van der Waals surface area (Å²) in [5.74, 6) is 1.03. The molecule has 1 atom stereocenters. The van der Waals surface area contributed by atoms with Crippen molar-refractivity contribution in [1.82, 2.24) is 10.6 Å². The van der Waals surface area contributed by atoms with E-state index in [0.717, 1.165) is 12.0 Å². The highest BCUT2D eigenvalue weighted by molar-refractivity contribution is 7.11. The molecule has 1 aromatic heterocycles. The number of nitrogens with one attached hydrogen (secondary N) is 2. The summed E-state index contributed by atoms with van der Waals surface area (Å²) in [7, 11) is 3.14. The molecule has 28 heavy (non-hydrogen) atoms. The zero-order valence-corrected chi connectivity index (χ0v) is 17.4. The Balaban J connectivity index is 1.85. The zero-order chi connectivity index (χ0) is 20.5. The van der Waals surface area contributed by atoms with E-state index in [1.807, 2.05) is 6.07 Å². The number of ether oxygens (including phenoxy) is 2. The van der Waals surface area contributed by atoms with Crippen molar-refractivity contribution in [3.8, 4) is 11.5 Å². The molecular formula is C20H27F2N3O2S. The van der Waals surface area contributed by atoms with Gasteiger partial charge in [-0.3, -0.25) is 4.99 Å². The van der Waals surface area contributed by atoms with Crippen LogP contribution in [0.1, 0.15) is 22.2 Å². The normalized spacial score (nSPS) is 12.8. The average Bonchev–Trinajstić information content (AvgIpc) is 3.05. The van der Waals surface area contributed by atoms with Crippen molar-refractivity contribution in [2.45, 2.75) is 39.3 Å². The maximum atomic E-state index is 12.5. The number of rotatable bonds is 9. The van der Waals surface area contributed by atoms with Crippen LogP contribution in [0.2, 0.25) is 0 Å². The van der Waals surface area contributed by atoms with Crippen LogP contribution in [0.3, 0.4) is 0 Å². The fraction of sp³-hybridized carbons (Fsp3) is 0.450. The first-order valence-corrected chi connectivity index (χ1v) is 9.87. The molecule has 2 rings (SSSR count). The first-order chi connectivity index (χ1) is 13.4. The van der Waals surface area contributed by atoms with Crippen LogP contribution < -0.4 is 20.1 Å². The van der Waals surface area contributed by atoms with E-state index in [1.54, 1.807) is 30.5 Å². The summed E-state index contributed by atoms with van der Waals surface area (Å²) in [6.07, 6.45) is 1.55. The molecule has 0 radical (unpaired) electrons. The summed E-state index contributed by atoms with van der Waals surface area (Å²) in [5.41, 5.74) is 0.863. The molecule has 2 aromatic rings. The molecule has 0 spiro atoms. The predicted molar refractivity (Wildman–Crippen MR) is 110 cm³/mol. The minimum Gasteiger partial charge on any atom is -0.493 e. The molecule has 0 bridgehead atoms. The summed E-state index contributed by atoms with van der Waals surface area (Å²) < 4.78 is 34.7. The Hall–Kier alpha value is -2.35. The molecule has 0 saturated carbocycles. The fourth-order valence-electron chi connectivity index (χ4n) is 2.77. The molecule has 5 nitrogen and oxygen atoms in total. The van der Waals surface area contributed by atoms with Crippen LogP contribution in [-0.2, 0) is 12.8 Å². The Bertz CT molecular complexity index is 781. The van der Waals surface area contributed by atoms with Crippen LogP contribution in [0.4, 0.5) is 8.78 Å². The number of aryl methyl sites for hydroxylation is 1. The van der Waals surface area contributed by atoms with Crippen LogP contribution in [0, 0.1) is 6.92 Å². The molecule has 0 aliphatic carbocycles. The van der Waals surface area contributed by atoms with Gasteiger partial charge in [0.2, 0.25) is 0 Å². The second-order valence-electron chi connectivity index (χ2n) is 6.37. The molecule has 1 unspecified atom stereocenters. The van der Waals surface area contributed by atoms with Crippen molar-refractivity contribution in [3.63, 3.8) is 0 Å². The Labute approximate surface area is 168 Å². The van der Waals surface area contributed by atoms with Crippen molar-refractivity contribution in [2.24, 2.45) is 4.99 Å². The van der Waals surface area contributed by atoms with E-state index in [2.05, 4.69) is 46.3 Å². The lowest BCUT2D eigenvalue weighted by Gasteiger charge is -2.17. The highest BCUT2D eigenvalue weighted by Crippen LogP contribution is 2.29. The average molecular weight is 412 g/mol. The van der Waals surface area contributed by atoms with Gasteiger partial charge in [-0.15, -0.1) is 11.3 Å². The van der Waals surface area contributed by atoms with Gasteiger partial charge in [-0.25, -0.2) is 0 Å². The summed E-state index contributed by atoms with van der Waals surface area (Å²) >= 11 is 1.80. The highest BCUT2D eigenvalue weighted by Gasteiger charge is 2.12. The van der Waals surface area contributed by atoms with Gasteiger partial charge in [0, 0.05) is 35.8 Å². The number of nitrogens with zero attached hydrogens (tertiary/aromatic N) is 1. The van der Waals surface area contributed by atoms with Gasteiger partial charge >= 0.3 is 6.61 Å². The molecule has 0 amide bonds. The minimum absolute atomic E-state index is 0.0392. The van der Waals surface area contributed by atoms with Gasteiger partial charge in [0.1, 0.15) is 0 Å². The highest BCUT2D eigenvalue weighted by atomic mass is 32.1. The van der Waals surface area contributed by atoms with Gasteiger partial charge < -0.3 is 20.1 Å². The maximum absolute atomic E-state index is 12.5. The lowest BCUT2D eigenvalue weighted by atomic mass is 10.1. The number of halogens is 2. The van der Waals surface area contributed by atoms with Gasteiger partial charge in [0.25, 0.3) is 0 Å². The summed E-state index contributed by atoms with van der Waals surface area (Å²) in [4.78, 5) is 6.88. The lowest BCUT2D eigenvalue weighted by Crippen LogP contribution is -2.43. The summed E-state index contributed by atoms with van der Waals surface area (Å²) in [6.45, 7) is 1.92. The third kappa shape index (κ3) is 6.99. The van der Waals surface area contributed by atoms with E-state index >= 15 is 0 Å². The number of aliphatic imine (C=N–C) groups is 1. The number of thiophene rings is 1. The largest absolute Gasteiger partial charge is 0.493 e. The lowest BCUT2D eigenvalue weighted by molar-refractivity contribution is -0.0512. The predicted octanol–water partition coefficient (Wildman–Crippen LogP) is 4.01. The number of alkyl halides is 2. The van der Waals surface area contributed by atoms with E-state index in [4.69, 9.17) is 4.74 Å². The molecule has 0 saturated heterocycles. The van der Waals surface area contributed by atoms with Crippen molar-refractivity contribution in [2.75, 3.05) is 20.7 Å². The SMILES string of the molecule is CN=C(NCCc1ccc(OC)c(OC(F)F)c1)NC(C)Cc1ccc(C)s1. The van der Waals surface area contributed by atoms with Crippen LogP contribution in [-0.4, -0.2) is 39.3 Å². The number of methoxy groups -OCH3 is 1. The Morgan fingerprint density at radius 3 is 2.61 bits per heavy atom. The molecule has 0 fully saturated rings. The van der Waals surface area contributed by atoms with Crippen molar-refractivity contribution in [1.29, 1.82) is 0 Å². The van der Waals surface area contributed by atoms with Gasteiger partial charge in [0.15, 0.2) is 17.5 Å². The van der Waals surface area contributed by atoms with Gasteiger partial charge in [0.05, 0.1) is 7.11 Å². The number of benzene rings is 1.